The van der Waals surface area contributed by atoms with Gasteiger partial charge in [0.25, 0.3) is 0 Å². The van der Waals surface area contributed by atoms with Crippen LogP contribution in [0.25, 0.3) is 32.9 Å². The Balaban J connectivity index is 2.24. The zero-order chi connectivity index (χ0) is 15.1. The Morgan fingerprint density at radius 1 is 0.636 bits per heavy atom. The Labute approximate surface area is 130 Å². The third-order valence-electron chi connectivity index (χ3n) is 4.34. The number of nitrogens with zero attached hydrogens (tertiary/aromatic N) is 1. The molecule has 0 unspecified atom stereocenters. The molecule has 4 aromatic rings. The lowest BCUT2D eigenvalue weighted by Gasteiger charge is -2.13. The SMILES string of the molecule is Cc1ccccc1-c1nc2ccccc2c2cccc(C)c12. The molecule has 1 heterocycles. The van der Waals surface area contributed by atoms with Gasteiger partial charge in [0, 0.05) is 16.3 Å². The first kappa shape index (κ1) is 13.0. The number of rotatable bonds is 1. The standard InChI is InChI=1S/C21H17N/c1-14-8-3-4-10-16(14)21-20-15(2)9-7-12-18(20)17-11-5-6-13-19(17)22-21/h3-13H,1-2H3. The Morgan fingerprint density at radius 2 is 1.32 bits per heavy atom. The van der Waals surface area contributed by atoms with Crippen LogP contribution in [-0.2, 0) is 0 Å². The average Bonchev–Trinajstić information content (AvgIpc) is 2.55. The first-order valence-electron chi connectivity index (χ1n) is 7.60. The molecule has 0 aliphatic rings. The van der Waals surface area contributed by atoms with E-state index in [0.717, 1.165) is 11.2 Å². The van der Waals surface area contributed by atoms with Gasteiger partial charge in [0.1, 0.15) is 0 Å². The fourth-order valence-corrected chi connectivity index (χ4v) is 3.22. The number of pyridine rings is 1. The van der Waals surface area contributed by atoms with E-state index in [1.807, 2.05) is 0 Å². The molecule has 0 atom stereocenters. The first-order chi connectivity index (χ1) is 10.8. The molecule has 4 rings (SSSR count). The Morgan fingerprint density at radius 3 is 2.18 bits per heavy atom. The fraction of sp³-hybridized carbons (Fsp3) is 0.0952. The second-order valence-electron chi connectivity index (χ2n) is 5.79. The minimum absolute atomic E-state index is 1.05. The highest BCUT2D eigenvalue weighted by Crippen LogP contribution is 2.35. The van der Waals surface area contributed by atoms with Crippen LogP contribution in [0.2, 0.25) is 0 Å². The number of para-hydroxylation sites is 1. The summed E-state index contributed by atoms with van der Waals surface area (Å²) in [5, 5.41) is 3.76. The van der Waals surface area contributed by atoms with Gasteiger partial charge in [-0.15, -0.1) is 0 Å². The van der Waals surface area contributed by atoms with Gasteiger partial charge in [-0.3, -0.25) is 0 Å². The smallest absolute Gasteiger partial charge is 0.0793 e. The topological polar surface area (TPSA) is 12.9 Å². The van der Waals surface area contributed by atoms with Gasteiger partial charge in [-0.05, 0) is 36.4 Å². The Kier molecular flexibility index (Phi) is 2.93. The van der Waals surface area contributed by atoms with Crippen LogP contribution in [0.3, 0.4) is 0 Å². The quantitative estimate of drug-likeness (QED) is 0.410. The summed E-state index contributed by atoms with van der Waals surface area (Å²) < 4.78 is 0. The van der Waals surface area contributed by atoms with Gasteiger partial charge in [0.15, 0.2) is 0 Å². The molecule has 3 aromatic carbocycles. The van der Waals surface area contributed by atoms with Gasteiger partial charge in [0.05, 0.1) is 11.2 Å². The minimum Gasteiger partial charge on any atom is -0.247 e. The molecular formula is C21H17N. The van der Waals surface area contributed by atoms with E-state index in [2.05, 4.69) is 80.6 Å². The van der Waals surface area contributed by atoms with Crippen LogP contribution in [-0.4, -0.2) is 4.98 Å². The summed E-state index contributed by atoms with van der Waals surface area (Å²) in [6, 6.07) is 23.4. The van der Waals surface area contributed by atoms with E-state index in [4.69, 9.17) is 4.98 Å². The lowest BCUT2D eigenvalue weighted by Crippen LogP contribution is -1.93. The molecule has 0 saturated heterocycles. The van der Waals surface area contributed by atoms with Gasteiger partial charge < -0.3 is 0 Å². The van der Waals surface area contributed by atoms with Gasteiger partial charge in [-0.1, -0.05) is 60.7 Å². The second kappa shape index (κ2) is 4.96. The molecule has 0 spiro atoms. The number of aryl methyl sites for hydroxylation is 2. The van der Waals surface area contributed by atoms with Crippen LogP contribution < -0.4 is 0 Å². The summed E-state index contributed by atoms with van der Waals surface area (Å²) >= 11 is 0. The number of aromatic nitrogens is 1. The molecule has 106 valence electrons. The van der Waals surface area contributed by atoms with Crippen molar-refractivity contribution in [1.82, 2.24) is 4.98 Å². The van der Waals surface area contributed by atoms with Crippen LogP contribution in [0.5, 0.6) is 0 Å². The molecular weight excluding hydrogens is 266 g/mol. The Bertz CT molecular complexity index is 999. The van der Waals surface area contributed by atoms with E-state index in [-0.39, 0.29) is 0 Å². The minimum atomic E-state index is 1.05. The average molecular weight is 283 g/mol. The number of benzene rings is 3. The largest absolute Gasteiger partial charge is 0.247 e. The highest BCUT2D eigenvalue weighted by Gasteiger charge is 2.12. The zero-order valence-corrected chi connectivity index (χ0v) is 12.8. The van der Waals surface area contributed by atoms with Gasteiger partial charge in [-0.2, -0.15) is 0 Å². The van der Waals surface area contributed by atoms with Crippen LogP contribution in [0.4, 0.5) is 0 Å². The maximum Gasteiger partial charge on any atom is 0.0793 e. The normalized spacial score (nSPS) is 11.2. The van der Waals surface area contributed by atoms with Gasteiger partial charge >= 0.3 is 0 Å². The molecule has 0 bridgehead atoms. The fourth-order valence-electron chi connectivity index (χ4n) is 3.22. The van der Waals surface area contributed by atoms with E-state index in [9.17, 15) is 0 Å². The molecule has 0 radical (unpaired) electrons. The predicted molar refractivity (Wildman–Crippen MR) is 94.2 cm³/mol. The molecule has 0 N–H and O–H groups in total. The summed E-state index contributed by atoms with van der Waals surface area (Å²) in [6.45, 7) is 4.32. The van der Waals surface area contributed by atoms with Crippen LogP contribution in [0.1, 0.15) is 11.1 Å². The highest BCUT2D eigenvalue weighted by atomic mass is 14.7. The molecule has 0 saturated carbocycles. The van der Waals surface area contributed by atoms with Crippen molar-refractivity contribution in [3.05, 3.63) is 77.9 Å². The van der Waals surface area contributed by atoms with Crippen molar-refractivity contribution in [1.29, 1.82) is 0 Å². The van der Waals surface area contributed by atoms with Crippen molar-refractivity contribution in [2.75, 3.05) is 0 Å². The molecule has 0 amide bonds. The molecule has 0 fully saturated rings. The van der Waals surface area contributed by atoms with Gasteiger partial charge in [-0.25, -0.2) is 4.98 Å². The molecule has 0 aliphatic heterocycles. The van der Waals surface area contributed by atoms with E-state index in [1.165, 1.54) is 32.8 Å². The Hall–Kier alpha value is -2.67. The summed E-state index contributed by atoms with van der Waals surface area (Å²) in [5.41, 5.74) is 5.89. The monoisotopic (exact) mass is 283 g/mol. The van der Waals surface area contributed by atoms with E-state index in [1.54, 1.807) is 0 Å². The third kappa shape index (κ3) is 1.90. The van der Waals surface area contributed by atoms with Crippen LogP contribution in [0.15, 0.2) is 66.7 Å². The van der Waals surface area contributed by atoms with E-state index < -0.39 is 0 Å². The lowest BCUT2D eigenvalue weighted by molar-refractivity contribution is 1.37. The van der Waals surface area contributed by atoms with Crippen molar-refractivity contribution in [2.45, 2.75) is 13.8 Å². The van der Waals surface area contributed by atoms with E-state index in [0.29, 0.717) is 0 Å². The predicted octanol–water partition coefficient (Wildman–Crippen LogP) is 5.67. The molecule has 1 nitrogen and oxygen atoms in total. The maximum atomic E-state index is 5.00. The van der Waals surface area contributed by atoms with Crippen molar-refractivity contribution >= 4 is 21.7 Å². The summed E-state index contributed by atoms with van der Waals surface area (Å²) in [5.74, 6) is 0. The van der Waals surface area contributed by atoms with Crippen molar-refractivity contribution in [2.24, 2.45) is 0 Å². The van der Waals surface area contributed by atoms with Crippen LogP contribution >= 0.6 is 0 Å². The molecule has 22 heavy (non-hydrogen) atoms. The summed E-state index contributed by atoms with van der Waals surface area (Å²) in [7, 11) is 0. The first-order valence-corrected chi connectivity index (χ1v) is 7.60. The lowest BCUT2D eigenvalue weighted by atomic mass is 9.95. The maximum absolute atomic E-state index is 5.00. The van der Waals surface area contributed by atoms with Crippen LogP contribution in [0, 0.1) is 13.8 Å². The molecule has 1 heteroatoms. The van der Waals surface area contributed by atoms with Crippen molar-refractivity contribution in [3.8, 4) is 11.3 Å². The highest BCUT2D eigenvalue weighted by molar-refractivity contribution is 6.12. The molecule has 0 aliphatic carbocycles. The number of hydrogen-bond donors (Lipinski definition) is 0. The van der Waals surface area contributed by atoms with Crippen molar-refractivity contribution in [3.63, 3.8) is 0 Å². The molecule has 1 aromatic heterocycles. The summed E-state index contributed by atoms with van der Waals surface area (Å²) in [6.07, 6.45) is 0. The van der Waals surface area contributed by atoms with Crippen molar-refractivity contribution < 1.29 is 0 Å². The summed E-state index contributed by atoms with van der Waals surface area (Å²) in [4.78, 5) is 5.00. The number of hydrogen-bond acceptors (Lipinski definition) is 1. The third-order valence-corrected chi connectivity index (χ3v) is 4.34. The van der Waals surface area contributed by atoms with Gasteiger partial charge in [0.2, 0.25) is 0 Å². The number of fused-ring (bicyclic) bond motifs is 3. The zero-order valence-electron chi connectivity index (χ0n) is 12.8. The second-order valence-corrected chi connectivity index (χ2v) is 5.79. The van der Waals surface area contributed by atoms with E-state index >= 15 is 0 Å².